The molecule has 13 heteroatoms. The van der Waals surface area contributed by atoms with Crippen LogP contribution >= 0.6 is 0 Å². The first-order valence-electron chi connectivity index (χ1n) is 13.9. The molecule has 1 amide bonds. The van der Waals surface area contributed by atoms with Gasteiger partial charge in [-0.3, -0.25) is 14.5 Å². The van der Waals surface area contributed by atoms with Crippen LogP contribution in [0.4, 0.5) is 32.2 Å². The molecule has 2 N–H and O–H groups in total. The molecule has 43 heavy (non-hydrogen) atoms. The zero-order chi connectivity index (χ0) is 30.9. The lowest BCUT2D eigenvalue weighted by atomic mass is 9.78. The average molecular weight is 609 g/mol. The van der Waals surface area contributed by atoms with Crippen LogP contribution in [0.1, 0.15) is 49.7 Å². The lowest BCUT2D eigenvalue weighted by Crippen LogP contribution is -2.52. The van der Waals surface area contributed by atoms with E-state index in [-0.39, 0.29) is 66.7 Å². The molecule has 2 atom stereocenters. The average Bonchev–Trinajstić information content (AvgIpc) is 2.93. The fourth-order valence-electron chi connectivity index (χ4n) is 5.51. The van der Waals surface area contributed by atoms with Crippen LogP contribution in [0.25, 0.3) is 0 Å². The number of nitrogens with one attached hydrogen (secondary N) is 2. The van der Waals surface area contributed by atoms with Gasteiger partial charge in [-0.25, -0.2) is 31.3 Å². The van der Waals surface area contributed by atoms with Crippen LogP contribution in [0, 0.1) is 17.6 Å². The van der Waals surface area contributed by atoms with E-state index in [0.717, 1.165) is 12.1 Å². The lowest BCUT2D eigenvalue weighted by molar-refractivity contribution is -0.125. The number of rotatable bonds is 9. The number of anilines is 1. The smallest absolute Gasteiger partial charge is 0.257 e. The van der Waals surface area contributed by atoms with Gasteiger partial charge in [-0.2, -0.15) is 0 Å². The van der Waals surface area contributed by atoms with Crippen LogP contribution < -0.4 is 15.6 Å². The summed E-state index contributed by atoms with van der Waals surface area (Å²) < 4.78 is 88.8. The molecule has 7 nitrogen and oxygen atoms in total. The largest absolute Gasteiger partial charge is 0.453 e. The van der Waals surface area contributed by atoms with Crippen molar-refractivity contribution >= 4 is 11.7 Å². The summed E-state index contributed by atoms with van der Waals surface area (Å²) in [6, 6.07) is 6.31. The maximum Gasteiger partial charge on any atom is 0.257 e. The van der Waals surface area contributed by atoms with Gasteiger partial charge in [0.25, 0.3) is 11.5 Å². The number of likely N-dealkylation sites (tertiary alicyclic amines) is 1. The molecule has 1 aliphatic heterocycles. The number of carbonyl (C=O) groups excluding carboxylic acids is 1. The molecule has 0 unspecified atom stereocenters. The number of benzene rings is 1. The third-order valence-corrected chi connectivity index (χ3v) is 8.10. The van der Waals surface area contributed by atoms with E-state index in [4.69, 9.17) is 4.74 Å². The number of aryl methyl sites for hydroxylation is 1. The Morgan fingerprint density at radius 2 is 1.93 bits per heavy atom. The normalized spacial score (nSPS) is 20.7. The predicted molar refractivity (Wildman–Crippen MR) is 146 cm³/mol. The highest BCUT2D eigenvalue weighted by atomic mass is 19.3. The standard InChI is InChI=1S/C30H30F6N4O3/c1-17(27(41)39-26-7-5-22(15-37-26)43-25-6-4-21(31)11-24(25)32)40-9-8-30(35,36)23(16-40)20-10-19(28(42)38-14-20)3-2-18-12-29(33,34)13-18/h4-7,10-11,14-15,17-18,23H,2-3,8-9,12-13,16H2,1H3,(H,38,42)(H,37,39,41)/t17-,23+/m0/s1. The number of ether oxygens (including phenoxy) is 1. The topological polar surface area (TPSA) is 87.3 Å². The van der Waals surface area contributed by atoms with Crippen molar-refractivity contribution in [3.8, 4) is 11.5 Å². The van der Waals surface area contributed by atoms with Crippen molar-refractivity contribution in [2.24, 2.45) is 5.92 Å². The van der Waals surface area contributed by atoms with Gasteiger partial charge in [0, 0.05) is 50.2 Å². The molecule has 3 heterocycles. The number of alkyl halides is 4. The third-order valence-electron chi connectivity index (χ3n) is 8.10. The zero-order valence-electron chi connectivity index (χ0n) is 23.2. The van der Waals surface area contributed by atoms with E-state index in [0.29, 0.717) is 12.5 Å². The van der Waals surface area contributed by atoms with Gasteiger partial charge in [-0.15, -0.1) is 0 Å². The Bertz CT molecular complexity index is 1520. The number of pyridine rings is 2. The number of H-pyrrole nitrogens is 1. The molecule has 2 aromatic heterocycles. The van der Waals surface area contributed by atoms with Crippen LogP contribution in [0.2, 0.25) is 0 Å². The summed E-state index contributed by atoms with van der Waals surface area (Å²) in [5.74, 6) is -9.33. The van der Waals surface area contributed by atoms with Gasteiger partial charge < -0.3 is 15.0 Å². The number of amides is 1. The first kappa shape index (κ1) is 30.6. The van der Waals surface area contributed by atoms with Crippen molar-refractivity contribution in [1.82, 2.24) is 14.9 Å². The Labute approximate surface area is 243 Å². The van der Waals surface area contributed by atoms with Gasteiger partial charge in [0.15, 0.2) is 11.6 Å². The Morgan fingerprint density at radius 1 is 1.16 bits per heavy atom. The molecule has 230 valence electrons. The summed E-state index contributed by atoms with van der Waals surface area (Å²) in [6.45, 7) is 1.37. The van der Waals surface area contributed by atoms with E-state index in [1.165, 1.54) is 30.6 Å². The zero-order valence-corrected chi connectivity index (χ0v) is 23.2. The summed E-state index contributed by atoms with van der Waals surface area (Å²) in [7, 11) is 0. The van der Waals surface area contributed by atoms with Gasteiger partial charge in [-0.1, -0.05) is 0 Å². The maximum atomic E-state index is 15.1. The summed E-state index contributed by atoms with van der Waals surface area (Å²) in [5, 5.41) is 2.63. The number of aromatic nitrogens is 2. The SMILES string of the molecule is C[C@@H](C(=O)Nc1ccc(Oc2ccc(F)cc2F)cn1)N1CCC(F)(F)[C@@H](c2c[nH]c(=O)c(CCC3CC(F)(F)C3)c2)C1. The van der Waals surface area contributed by atoms with Gasteiger partial charge in [0.2, 0.25) is 11.8 Å². The van der Waals surface area contributed by atoms with Crippen molar-refractivity contribution in [1.29, 1.82) is 0 Å². The molecule has 0 bridgehead atoms. The monoisotopic (exact) mass is 608 g/mol. The summed E-state index contributed by atoms with van der Waals surface area (Å²) in [4.78, 5) is 33.5. The molecule has 1 saturated carbocycles. The number of piperidine rings is 1. The Morgan fingerprint density at radius 3 is 2.60 bits per heavy atom. The van der Waals surface area contributed by atoms with E-state index in [1.807, 2.05) is 0 Å². The predicted octanol–water partition coefficient (Wildman–Crippen LogP) is 6.27. The third kappa shape index (κ3) is 7.20. The number of nitrogens with zero attached hydrogens (tertiary/aromatic N) is 2. The first-order valence-corrected chi connectivity index (χ1v) is 13.9. The van der Waals surface area contributed by atoms with Gasteiger partial charge in [-0.05, 0) is 61.6 Å². The van der Waals surface area contributed by atoms with Crippen molar-refractivity contribution < 1.29 is 35.9 Å². The minimum Gasteiger partial charge on any atom is -0.453 e. The first-order chi connectivity index (χ1) is 20.3. The molecule has 0 radical (unpaired) electrons. The Balaban J connectivity index is 1.21. The Hall–Kier alpha value is -3.87. The van der Waals surface area contributed by atoms with Gasteiger partial charge in [0.1, 0.15) is 17.4 Å². The summed E-state index contributed by atoms with van der Waals surface area (Å²) in [5.41, 5.74) is 0.0445. The highest BCUT2D eigenvalue weighted by Crippen LogP contribution is 2.45. The number of hydrogen-bond donors (Lipinski definition) is 2. The molecule has 5 rings (SSSR count). The molecule has 2 fully saturated rings. The number of carbonyl (C=O) groups is 1. The van der Waals surface area contributed by atoms with Crippen LogP contribution in [0.3, 0.4) is 0 Å². The molecule has 1 aliphatic carbocycles. The van der Waals surface area contributed by atoms with E-state index in [9.17, 15) is 27.2 Å². The highest BCUT2D eigenvalue weighted by Gasteiger charge is 2.47. The second kappa shape index (κ2) is 12.0. The molecular formula is C30H30F6N4O3. The minimum absolute atomic E-state index is 0.0480. The van der Waals surface area contributed by atoms with Crippen LogP contribution in [0.5, 0.6) is 11.5 Å². The van der Waals surface area contributed by atoms with E-state index in [2.05, 4.69) is 15.3 Å². The minimum atomic E-state index is -3.10. The van der Waals surface area contributed by atoms with Gasteiger partial charge in [0.05, 0.1) is 18.2 Å². The fourth-order valence-corrected chi connectivity index (χ4v) is 5.51. The number of halogens is 6. The molecular weight excluding hydrogens is 578 g/mol. The van der Waals surface area contributed by atoms with Gasteiger partial charge >= 0.3 is 0 Å². The summed E-state index contributed by atoms with van der Waals surface area (Å²) >= 11 is 0. The van der Waals surface area contributed by atoms with Crippen LogP contribution in [-0.2, 0) is 11.2 Å². The Kier molecular flexibility index (Phi) is 8.55. The van der Waals surface area contributed by atoms with E-state index >= 15 is 8.78 Å². The number of hydrogen-bond acceptors (Lipinski definition) is 5. The van der Waals surface area contributed by atoms with E-state index in [1.54, 1.807) is 11.8 Å². The van der Waals surface area contributed by atoms with E-state index < -0.39 is 53.3 Å². The number of aromatic amines is 1. The fraction of sp³-hybridized carbons (Fsp3) is 0.433. The van der Waals surface area contributed by atoms with Crippen molar-refractivity contribution in [2.75, 3.05) is 18.4 Å². The van der Waals surface area contributed by atoms with Crippen LogP contribution in [-0.4, -0.2) is 51.8 Å². The summed E-state index contributed by atoms with van der Waals surface area (Å²) in [6.07, 6.45) is 2.10. The molecule has 2 aliphatic rings. The quantitative estimate of drug-likeness (QED) is 0.280. The molecule has 1 aromatic carbocycles. The maximum absolute atomic E-state index is 15.1. The van der Waals surface area contributed by atoms with Crippen molar-refractivity contribution in [2.45, 2.75) is 62.8 Å². The van der Waals surface area contributed by atoms with Crippen molar-refractivity contribution in [3.63, 3.8) is 0 Å². The lowest BCUT2D eigenvalue weighted by Gasteiger charge is -2.40. The van der Waals surface area contributed by atoms with Crippen LogP contribution in [0.15, 0.2) is 53.6 Å². The molecule has 0 spiro atoms. The highest BCUT2D eigenvalue weighted by molar-refractivity contribution is 5.93. The molecule has 3 aromatic rings. The second-order valence-corrected chi connectivity index (χ2v) is 11.2. The molecule has 1 saturated heterocycles. The van der Waals surface area contributed by atoms with Crippen molar-refractivity contribution in [3.05, 3.63) is 81.9 Å². The second-order valence-electron chi connectivity index (χ2n) is 11.2.